The lowest BCUT2D eigenvalue weighted by molar-refractivity contribution is 0.00578. The molecule has 1 aromatic heterocycles. The second-order valence-electron chi connectivity index (χ2n) is 7.64. The van der Waals surface area contributed by atoms with Crippen LogP contribution in [-0.4, -0.2) is 40.2 Å². The van der Waals surface area contributed by atoms with Crippen molar-refractivity contribution in [3.8, 4) is 0 Å². The van der Waals surface area contributed by atoms with Gasteiger partial charge in [0.25, 0.3) is 0 Å². The maximum Gasteiger partial charge on any atom is 0.498 e. The Labute approximate surface area is 140 Å². The zero-order chi connectivity index (χ0) is 16.9. The quantitative estimate of drug-likeness (QED) is 0.840. The van der Waals surface area contributed by atoms with Gasteiger partial charge in [0.15, 0.2) is 0 Å². The normalized spacial score (nSPS) is 23.4. The average Bonchev–Trinajstić information content (AvgIpc) is 3.08. The van der Waals surface area contributed by atoms with Crippen LogP contribution in [0.15, 0.2) is 12.4 Å². The topological polar surface area (TPSA) is 67.4 Å². The van der Waals surface area contributed by atoms with Crippen LogP contribution in [0.4, 0.5) is 0 Å². The Morgan fingerprint density at radius 3 is 2.26 bits per heavy atom. The Morgan fingerprint density at radius 2 is 1.78 bits per heavy atom. The molecule has 0 atom stereocenters. The highest BCUT2D eigenvalue weighted by Gasteiger charge is 2.51. The predicted molar refractivity (Wildman–Crippen MR) is 92.6 cm³/mol. The summed E-state index contributed by atoms with van der Waals surface area (Å²) in [6, 6.07) is 0. The summed E-state index contributed by atoms with van der Waals surface area (Å²) in [5.74, 6) is 0.851. The molecule has 1 saturated carbocycles. The van der Waals surface area contributed by atoms with Crippen LogP contribution in [-0.2, 0) is 9.31 Å². The molecule has 0 bridgehead atoms. The largest absolute Gasteiger partial charge is 0.498 e. The van der Waals surface area contributed by atoms with Crippen molar-refractivity contribution in [2.24, 2.45) is 5.92 Å². The first-order valence-corrected chi connectivity index (χ1v) is 8.81. The van der Waals surface area contributed by atoms with Gasteiger partial charge in [0, 0.05) is 24.5 Å². The zero-order valence-corrected chi connectivity index (χ0v) is 15.0. The predicted octanol–water partition coefficient (Wildman–Crippen LogP) is 2.66. The highest BCUT2D eigenvalue weighted by atomic mass is 16.7. The average molecular weight is 322 g/mol. The molecule has 0 unspecified atom stereocenters. The minimum absolute atomic E-state index is 0.283. The van der Waals surface area contributed by atoms with Crippen molar-refractivity contribution in [1.82, 2.24) is 10.2 Å². The Hall–Kier alpha value is -0.845. The van der Waals surface area contributed by atoms with E-state index in [9.17, 15) is 0 Å². The van der Waals surface area contributed by atoms with E-state index in [1.165, 1.54) is 32.1 Å². The van der Waals surface area contributed by atoms with Gasteiger partial charge in [-0.3, -0.25) is 5.10 Å². The van der Waals surface area contributed by atoms with Gasteiger partial charge in [-0.2, -0.15) is 5.10 Å². The Bertz CT molecular complexity index is 438. The summed E-state index contributed by atoms with van der Waals surface area (Å²) in [5.41, 5.74) is 0.368. The number of hydrogen-bond acceptors (Lipinski definition) is 4. The SMILES string of the molecule is CC1(C)OB(c2cn[nH]c2)OC1(C)C.OCCC1CCCCC1. The first-order valence-electron chi connectivity index (χ1n) is 8.81. The molecular weight excluding hydrogens is 291 g/mol. The molecule has 6 heteroatoms. The van der Waals surface area contributed by atoms with Crippen LogP contribution >= 0.6 is 0 Å². The van der Waals surface area contributed by atoms with Gasteiger partial charge in [0.05, 0.1) is 11.2 Å². The van der Waals surface area contributed by atoms with Gasteiger partial charge in [0.1, 0.15) is 0 Å². The molecule has 1 saturated heterocycles. The van der Waals surface area contributed by atoms with E-state index >= 15 is 0 Å². The summed E-state index contributed by atoms with van der Waals surface area (Å²) in [4.78, 5) is 0. The fraction of sp³-hybridized carbons (Fsp3) is 0.824. The van der Waals surface area contributed by atoms with Gasteiger partial charge in [-0.1, -0.05) is 32.1 Å². The highest BCUT2D eigenvalue weighted by Crippen LogP contribution is 2.36. The molecule has 3 rings (SSSR count). The molecule has 1 aromatic rings. The van der Waals surface area contributed by atoms with Crippen molar-refractivity contribution in [2.75, 3.05) is 6.61 Å². The third-order valence-electron chi connectivity index (χ3n) is 5.31. The molecule has 0 aromatic carbocycles. The van der Waals surface area contributed by atoms with Crippen molar-refractivity contribution in [3.05, 3.63) is 12.4 Å². The fourth-order valence-electron chi connectivity index (χ4n) is 3.03. The second-order valence-corrected chi connectivity index (χ2v) is 7.64. The molecule has 130 valence electrons. The number of aliphatic hydroxyl groups excluding tert-OH is 1. The number of nitrogens with zero attached hydrogens (tertiary/aromatic N) is 1. The molecular formula is C17H31BN2O3. The molecule has 1 aliphatic heterocycles. The van der Waals surface area contributed by atoms with Gasteiger partial charge in [-0.05, 0) is 40.0 Å². The van der Waals surface area contributed by atoms with Gasteiger partial charge in [-0.15, -0.1) is 0 Å². The maximum atomic E-state index is 8.62. The van der Waals surface area contributed by atoms with E-state index in [-0.39, 0.29) is 18.3 Å². The van der Waals surface area contributed by atoms with E-state index in [1.54, 1.807) is 12.4 Å². The lowest BCUT2D eigenvalue weighted by atomic mass is 9.82. The molecule has 1 aliphatic carbocycles. The Balaban J connectivity index is 0.000000185. The van der Waals surface area contributed by atoms with Crippen molar-refractivity contribution in [1.29, 1.82) is 0 Å². The van der Waals surface area contributed by atoms with Crippen molar-refractivity contribution < 1.29 is 14.4 Å². The zero-order valence-electron chi connectivity index (χ0n) is 15.0. The van der Waals surface area contributed by atoms with Crippen molar-refractivity contribution in [2.45, 2.75) is 77.4 Å². The second kappa shape index (κ2) is 7.82. The Kier molecular flexibility index (Phi) is 6.29. The maximum absolute atomic E-state index is 8.62. The van der Waals surface area contributed by atoms with E-state index in [0.717, 1.165) is 17.8 Å². The van der Waals surface area contributed by atoms with Gasteiger partial charge < -0.3 is 14.4 Å². The van der Waals surface area contributed by atoms with Gasteiger partial charge in [-0.25, -0.2) is 0 Å². The van der Waals surface area contributed by atoms with Crippen LogP contribution in [0, 0.1) is 5.92 Å². The van der Waals surface area contributed by atoms with E-state index in [4.69, 9.17) is 14.4 Å². The number of aromatic amines is 1. The number of H-pyrrole nitrogens is 1. The van der Waals surface area contributed by atoms with Crippen molar-refractivity contribution in [3.63, 3.8) is 0 Å². The van der Waals surface area contributed by atoms with Crippen LogP contribution in [0.25, 0.3) is 0 Å². The third-order valence-corrected chi connectivity index (χ3v) is 5.31. The molecule has 5 nitrogen and oxygen atoms in total. The standard InChI is InChI=1S/C9H15BN2O2.C8H16O/c1-8(2)9(3,4)14-10(13-8)7-5-11-12-6-7;9-7-6-8-4-2-1-3-5-8/h5-6H,1-4H3,(H,11,12);8-9H,1-7H2. The van der Waals surface area contributed by atoms with Crippen LogP contribution in [0.5, 0.6) is 0 Å². The van der Waals surface area contributed by atoms with E-state index < -0.39 is 0 Å². The summed E-state index contributed by atoms with van der Waals surface area (Å²) in [6.45, 7) is 8.53. The lowest BCUT2D eigenvalue weighted by Crippen LogP contribution is -2.41. The van der Waals surface area contributed by atoms with E-state index in [1.807, 2.05) is 27.7 Å². The first-order chi connectivity index (χ1) is 10.9. The molecule has 0 radical (unpaired) electrons. The molecule has 0 amide bonds. The summed E-state index contributed by atoms with van der Waals surface area (Å²) >= 11 is 0. The minimum Gasteiger partial charge on any atom is -0.399 e. The molecule has 23 heavy (non-hydrogen) atoms. The fourth-order valence-corrected chi connectivity index (χ4v) is 3.03. The summed E-state index contributed by atoms with van der Waals surface area (Å²) in [5, 5.41) is 15.2. The molecule has 2 N–H and O–H groups in total. The van der Waals surface area contributed by atoms with Crippen LogP contribution in [0.2, 0.25) is 0 Å². The molecule has 0 spiro atoms. The number of rotatable bonds is 3. The molecule has 2 aliphatic rings. The lowest BCUT2D eigenvalue weighted by Gasteiger charge is -2.32. The van der Waals surface area contributed by atoms with E-state index in [2.05, 4.69) is 10.2 Å². The summed E-state index contributed by atoms with van der Waals surface area (Å²) < 4.78 is 11.7. The highest BCUT2D eigenvalue weighted by molar-refractivity contribution is 6.61. The first kappa shape index (κ1) is 18.5. The van der Waals surface area contributed by atoms with Crippen LogP contribution in [0.3, 0.4) is 0 Å². The number of aromatic nitrogens is 2. The van der Waals surface area contributed by atoms with Gasteiger partial charge in [0.2, 0.25) is 0 Å². The molecule has 2 fully saturated rings. The van der Waals surface area contributed by atoms with Crippen LogP contribution < -0.4 is 5.46 Å². The summed E-state index contributed by atoms with van der Waals surface area (Å²) in [6.07, 6.45) is 11.5. The minimum atomic E-state index is -0.307. The van der Waals surface area contributed by atoms with E-state index in [0.29, 0.717) is 6.61 Å². The van der Waals surface area contributed by atoms with Crippen LogP contribution in [0.1, 0.15) is 66.2 Å². The van der Waals surface area contributed by atoms with Crippen molar-refractivity contribution >= 4 is 12.6 Å². The molecule has 2 heterocycles. The summed E-state index contributed by atoms with van der Waals surface area (Å²) in [7, 11) is -0.307. The number of nitrogens with one attached hydrogen (secondary N) is 1. The monoisotopic (exact) mass is 322 g/mol. The third kappa shape index (κ3) is 4.81. The number of aliphatic hydroxyl groups is 1. The van der Waals surface area contributed by atoms with Gasteiger partial charge >= 0.3 is 7.12 Å². The smallest absolute Gasteiger partial charge is 0.399 e. The Morgan fingerprint density at radius 1 is 1.17 bits per heavy atom. The number of hydrogen-bond donors (Lipinski definition) is 2.